The predicted molar refractivity (Wildman–Crippen MR) is 106 cm³/mol. The van der Waals surface area contributed by atoms with E-state index >= 15 is 0 Å². The Morgan fingerprint density at radius 2 is 1.60 bits per heavy atom. The van der Waals surface area contributed by atoms with Gasteiger partial charge in [0.05, 0.1) is 11.0 Å². The van der Waals surface area contributed by atoms with Crippen molar-refractivity contribution in [3.63, 3.8) is 0 Å². The van der Waals surface area contributed by atoms with E-state index in [0.717, 1.165) is 28.2 Å². The number of pyridine rings is 1. The van der Waals surface area contributed by atoms with Gasteiger partial charge in [-0.15, -0.1) is 12.4 Å². The van der Waals surface area contributed by atoms with Gasteiger partial charge in [0.2, 0.25) is 0 Å². The largest absolute Gasteiger partial charge is 0.277 e. The van der Waals surface area contributed by atoms with Gasteiger partial charge in [-0.25, -0.2) is 9.97 Å². The highest BCUT2D eigenvalue weighted by Gasteiger charge is 2.10. The summed E-state index contributed by atoms with van der Waals surface area (Å²) in [6, 6.07) is 22.5. The molecule has 0 atom stereocenters. The van der Waals surface area contributed by atoms with Crippen LogP contribution in [0.5, 0.6) is 0 Å². The lowest BCUT2D eigenvalue weighted by atomic mass is 10.1. The summed E-state index contributed by atoms with van der Waals surface area (Å²) >= 11 is 0. The third kappa shape index (κ3) is 3.47. The highest BCUT2D eigenvalue weighted by Crippen LogP contribution is 2.21. The Morgan fingerprint density at radius 1 is 0.840 bits per heavy atom. The number of aromatic nitrogens is 3. The van der Waals surface area contributed by atoms with Crippen LogP contribution in [0.2, 0.25) is 0 Å². The highest BCUT2D eigenvalue weighted by molar-refractivity contribution is 5.85. The standard InChI is InChI=1S/C21H17N3.ClH/c1-16-9-11-17(12-10-16)13-14-21-23-18-6-2-3-7-19(18)24(21)20-8-4-5-15-22-20;/h2-15H,1H3;1H/b14-13+;. The van der Waals surface area contributed by atoms with Gasteiger partial charge in [0.1, 0.15) is 11.6 Å². The van der Waals surface area contributed by atoms with Crippen LogP contribution in [0, 0.1) is 6.92 Å². The van der Waals surface area contributed by atoms with E-state index in [1.807, 2.05) is 42.5 Å². The van der Waals surface area contributed by atoms with Crippen LogP contribution in [-0.2, 0) is 0 Å². The van der Waals surface area contributed by atoms with Crippen LogP contribution < -0.4 is 0 Å². The van der Waals surface area contributed by atoms with Crippen molar-refractivity contribution in [2.45, 2.75) is 6.92 Å². The molecule has 3 nitrogen and oxygen atoms in total. The fourth-order valence-corrected chi connectivity index (χ4v) is 2.73. The minimum absolute atomic E-state index is 0. The van der Waals surface area contributed by atoms with Crippen molar-refractivity contribution in [3.05, 3.63) is 89.9 Å². The normalized spacial score (nSPS) is 10.9. The van der Waals surface area contributed by atoms with Gasteiger partial charge in [0.15, 0.2) is 0 Å². The smallest absolute Gasteiger partial charge is 0.139 e. The van der Waals surface area contributed by atoms with Gasteiger partial charge in [-0.1, -0.05) is 54.1 Å². The Morgan fingerprint density at radius 3 is 2.36 bits per heavy atom. The van der Waals surface area contributed by atoms with Crippen molar-refractivity contribution < 1.29 is 0 Å². The predicted octanol–water partition coefficient (Wildman–Crippen LogP) is 5.32. The number of halogens is 1. The van der Waals surface area contributed by atoms with E-state index in [2.05, 4.69) is 52.9 Å². The zero-order valence-corrected chi connectivity index (χ0v) is 14.6. The van der Waals surface area contributed by atoms with Gasteiger partial charge >= 0.3 is 0 Å². The maximum absolute atomic E-state index is 4.76. The van der Waals surface area contributed by atoms with Gasteiger partial charge in [-0.2, -0.15) is 0 Å². The first kappa shape index (κ1) is 16.9. The lowest BCUT2D eigenvalue weighted by molar-refractivity contribution is 1.01. The van der Waals surface area contributed by atoms with Crippen molar-refractivity contribution in [1.29, 1.82) is 0 Å². The molecule has 0 radical (unpaired) electrons. The molecule has 0 unspecified atom stereocenters. The summed E-state index contributed by atoms with van der Waals surface area (Å²) < 4.78 is 2.08. The monoisotopic (exact) mass is 347 g/mol. The topological polar surface area (TPSA) is 30.7 Å². The van der Waals surface area contributed by atoms with Gasteiger partial charge in [0.25, 0.3) is 0 Å². The Balaban J connectivity index is 0.00000182. The quantitative estimate of drug-likeness (QED) is 0.502. The molecule has 0 fully saturated rings. The average Bonchev–Trinajstić information content (AvgIpc) is 3.00. The number of fused-ring (bicyclic) bond motifs is 1. The number of rotatable bonds is 3. The van der Waals surface area contributed by atoms with Crippen molar-refractivity contribution in [2.24, 2.45) is 0 Å². The van der Waals surface area contributed by atoms with Crippen molar-refractivity contribution >= 4 is 35.6 Å². The summed E-state index contributed by atoms with van der Waals surface area (Å²) in [5.41, 5.74) is 4.43. The van der Waals surface area contributed by atoms with Gasteiger partial charge in [-0.3, -0.25) is 4.57 Å². The third-order valence-electron chi connectivity index (χ3n) is 3.97. The molecule has 2 aromatic heterocycles. The molecule has 4 rings (SSSR count). The molecule has 0 aliphatic heterocycles. The molecule has 0 aliphatic carbocycles. The molecule has 25 heavy (non-hydrogen) atoms. The van der Waals surface area contributed by atoms with Crippen LogP contribution >= 0.6 is 12.4 Å². The molecule has 2 heterocycles. The van der Waals surface area contributed by atoms with Crippen molar-refractivity contribution in [2.75, 3.05) is 0 Å². The molecule has 0 spiro atoms. The van der Waals surface area contributed by atoms with E-state index in [0.29, 0.717) is 0 Å². The van der Waals surface area contributed by atoms with E-state index in [-0.39, 0.29) is 12.4 Å². The van der Waals surface area contributed by atoms with Crippen LogP contribution in [-0.4, -0.2) is 14.5 Å². The second-order valence-electron chi connectivity index (χ2n) is 5.73. The number of para-hydroxylation sites is 2. The molecule has 0 amide bonds. The summed E-state index contributed by atoms with van der Waals surface area (Å²) in [6.07, 6.45) is 5.93. The van der Waals surface area contributed by atoms with E-state index in [4.69, 9.17) is 4.98 Å². The zero-order chi connectivity index (χ0) is 16.4. The van der Waals surface area contributed by atoms with E-state index in [1.165, 1.54) is 5.56 Å². The van der Waals surface area contributed by atoms with Crippen LogP contribution in [0.1, 0.15) is 17.0 Å². The Kier molecular flexibility index (Phi) is 4.96. The first-order valence-corrected chi connectivity index (χ1v) is 7.95. The maximum Gasteiger partial charge on any atom is 0.139 e. The molecule has 0 aliphatic rings. The second-order valence-corrected chi connectivity index (χ2v) is 5.73. The lowest BCUT2D eigenvalue weighted by Gasteiger charge is -2.05. The van der Waals surface area contributed by atoms with Crippen LogP contribution in [0.25, 0.3) is 29.0 Å². The van der Waals surface area contributed by atoms with Gasteiger partial charge in [0, 0.05) is 6.20 Å². The molecule has 124 valence electrons. The summed E-state index contributed by atoms with van der Waals surface area (Å²) in [5, 5.41) is 0. The first-order chi connectivity index (χ1) is 11.8. The van der Waals surface area contributed by atoms with Crippen LogP contribution in [0.4, 0.5) is 0 Å². The number of hydrogen-bond donors (Lipinski definition) is 0. The van der Waals surface area contributed by atoms with E-state index in [1.54, 1.807) is 6.20 Å². The first-order valence-electron chi connectivity index (χ1n) is 7.95. The molecule has 4 heteroatoms. The molecular formula is C21H18ClN3. The average molecular weight is 348 g/mol. The molecule has 0 bridgehead atoms. The van der Waals surface area contributed by atoms with Crippen LogP contribution in [0.3, 0.4) is 0 Å². The minimum Gasteiger partial charge on any atom is -0.277 e. The molecule has 4 aromatic rings. The number of nitrogens with zero attached hydrogens (tertiary/aromatic N) is 3. The van der Waals surface area contributed by atoms with Crippen molar-refractivity contribution in [1.82, 2.24) is 14.5 Å². The number of imidazole rings is 1. The van der Waals surface area contributed by atoms with Gasteiger partial charge in [-0.05, 0) is 42.8 Å². The molecule has 0 saturated heterocycles. The van der Waals surface area contributed by atoms with Crippen LogP contribution in [0.15, 0.2) is 72.9 Å². The Bertz CT molecular complexity index is 1000. The molecule has 0 N–H and O–H groups in total. The molecular weight excluding hydrogens is 330 g/mol. The van der Waals surface area contributed by atoms with Crippen molar-refractivity contribution in [3.8, 4) is 5.82 Å². The van der Waals surface area contributed by atoms with Gasteiger partial charge < -0.3 is 0 Å². The SMILES string of the molecule is Cc1ccc(/C=C/c2nc3ccccc3n2-c2ccccn2)cc1.Cl. The maximum atomic E-state index is 4.76. The summed E-state index contributed by atoms with van der Waals surface area (Å²) in [7, 11) is 0. The summed E-state index contributed by atoms with van der Waals surface area (Å²) in [6.45, 7) is 2.09. The third-order valence-corrected chi connectivity index (χ3v) is 3.97. The summed E-state index contributed by atoms with van der Waals surface area (Å²) in [4.78, 5) is 9.25. The fraction of sp³-hybridized carbons (Fsp3) is 0.0476. The molecule has 2 aromatic carbocycles. The highest BCUT2D eigenvalue weighted by atomic mass is 35.5. The number of hydrogen-bond acceptors (Lipinski definition) is 2. The fourth-order valence-electron chi connectivity index (χ4n) is 2.73. The summed E-state index contributed by atoms with van der Waals surface area (Å²) in [5.74, 6) is 1.74. The molecule has 0 saturated carbocycles. The minimum atomic E-state index is 0. The van der Waals surface area contributed by atoms with E-state index in [9.17, 15) is 0 Å². The lowest BCUT2D eigenvalue weighted by Crippen LogP contribution is -1.99. The zero-order valence-electron chi connectivity index (χ0n) is 13.8. The number of aryl methyl sites for hydroxylation is 1. The van der Waals surface area contributed by atoms with E-state index < -0.39 is 0 Å². The Hall–Kier alpha value is -2.91. The number of benzene rings is 2. The Labute approximate surface area is 153 Å². The second kappa shape index (κ2) is 7.32.